The van der Waals surface area contributed by atoms with Gasteiger partial charge in [-0.25, -0.2) is 0 Å². The van der Waals surface area contributed by atoms with Gasteiger partial charge in [0.25, 0.3) is 0 Å². The second-order valence-corrected chi connectivity index (χ2v) is 3.42. The van der Waals surface area contributed by atoms with Crippen LogP contribution >= 0.6 is 0 Å². The second-order valence-electron chi connectivity index (χ2n) is 3.42. The molecule has 3 nitrogen and oxygen atoms in total. The molecule has 0 aromatic carbocycles. The Balaban J connectivity index is 2.38. The third kappa shape index (κ3) is 3.18. The highest BCUT2D eigenvalue weighted by atomic mass is 16.5. The van der Waals surface area contributed by atoms with Gasteiger partial charge in [-0.3, -0.25) is 0 Å². The molecule has 1 unspecified atom stereocenters. The van der Waals surface area contributed by atoms with E-state index in [2.05, 4.69) is 0 Å². The Labute approximate surface area is 66.7 Å². The topological polar surface area (TPSA) is 60.7 Å². The van der Waals surface area contributed by atoms with E-state index in [0.29, 0.717) is 19.3 Å². The van der Waals surface area contributed by atoms with Crippen molar-refractivity contribution in [1.29, 1.82) is 0 Å². The molecule has 0 heterocycles. The van der Waals surface area contributed by atoms with Gasteiger partial charge in [0.15, 0.2) is 5.79 Å². The summed E-state index contributed by atoms with van der Waals surface area (Å²) in [5.74, 6) is -1.53. The van der Waals surface area contributed by atoms with Crippen LogP contribution in [0, 0.1) is 0 Å². The summed E-state index contributed by atoms with van der Waals surface area (Å²) < 4.78 is 0. The van der Waals surface area contributed by atoms with Gasteiger partial charge < -0.3 is 15.3 Å². The summed E-state index contributed by atoms with van der Waals surface area (Å²) in [5, 5.41) is 27.7. The van der Waals surface area contributed by atoms with Crippen LogP contribution in [0.5, 0.6) is 0 Å². The van der Waals surface area contributed by atoms with Crippen molar-refractivity contribution in [2.24, 2.45) is 0 Å². The van der Waals surface area contributed by atoms with E-state index >= 15 is 0 Å². The molecule has 1 aliphatic carbocycles. The first-order valence-corrected chi connectivity index (χ1v) is 4.23. The molecule has 0 spiro atoms. The molecule has 1 aliphatic rings. The Morgan fingerprint density at radius 1 is 1.00 bits per heavy atom. The molecule has 0 radical (unpaired) electrons. The molecular formula is C8H16O3. The first-order valence-electron chi connectivity index (χ1n) is 4.23. The number of rotatable bonds is 0. The van der Waals surface area contributed by atoms with E-state index in [1.807, 2.05) is 0 Å². The summed E-state index contributed by atoms with van der Waals surface area (Å²) in [7, 11) is 0. The van der Waals surface area contributed by atoms with Crippen molar-refractivity contribution in [3.63, 3.8) is 0 Å². The summed E-state index contributed by atoms with van der Waals surface area (Å²) >= 11 is 0. The maximum absolute atomic E-state index is 9.24. The monoisotopic (exact) mass is 160 g/mol. The lowest BCUT2D eigenvalue weighted by Gasteiger charge is -2.25. The highest BCUT2D eigenvalue weighted by Crippen LogP contribution is 2.23. The normalized spacial score (nSPS) is 32.5. The van der Waals surface area contributed by atoms with Crippen LogP contribution in [0.25, 0.3) is 0 Å². The van der Waals surface area contributed by atoms with Gasteiger partial charge in [-0.05, 0) is 19.3 Å². The number of hydrogen-bond acceptors (Lipinski definition) is 3. The van der Waals surface area contributed by atoms with E-state index < -0.39 is 5.79 Å². The molecule has 0 aromatic rings. The minimum Gasteiger partial charge on any atom is -0.393 e. The van der Waals surface area contributed by atoms with Crippen molar-refractivity contribution < 1.29 is 15.3 Å². The van der Waals surface area contributed by atoms with Crippen molar-refractivity contribution in [3.05, 3.63) is 0 Å². The summed E-state index contributed by atoms with van der Waals surface area (Å²) in [5.41, 5.74) is 0. The van der Waals surface area contributed by atoms with E-state index in [4.69, 9.17) is 0 Å². The lowest BCUT2D eigenvalue weighted by atomic mass is 9.94. The molecule has 1 rings (SSSR count). The average Bonchev–Trinajstić information content (AvgIpc) is 1.92. The lowest BCUT2D eigenvalue weighted by Crippen LogP contribution is -2.31. The van der Waals surface area contributed by atoms with E-state index in [0.717, 1.165) is 19.3 Å². The van der Waals surface area contributed by atoms with Crippen LogP contribution in [0.2, 0.25) is 0 Å². The number of aliphatic hydroxyl groups is 3. The Morgan fingerprint density at radius 3 is 2.45 bits per heavy atom. The summed E-state index contributed by atoms with van der Waals surface area (Å²) in [6.45, 7) is 0. The summed E-state index contributed by atoms with van der Waals surface area (Å²) in [4.78, 5) is 0. The van der Waals surface area contributed by atoms with E-state index in [1.54, 1.807) is 0 Å². The second kappa shape index (κ2) is 3.52. The van der Waals surface area contributed by atoms with Crippen LogP contribution in [-0.2, 0) is 0 Å². The van der Waals surface area contributed by atoms with Crippen LogP contribution in [0.1, 0.15) is 38.5 Å². The standard InChI is InChI=1S/C8H16O3/c9-7-3-1-2-5-8(10,11)6-4-7/h7,9-11H,1-6H2. The van der Waals surface area contributed by atoms with Gasteiger partial charge in [0.2, 0.25) is 0 Å². The first kappa shape index (κ1) is 8.97. The Morgan fingerprint density at radius 2 is 1.73 bits per heavy atom. The fourth-order valence-electron chi connectivity index (χ4n) is 1.46. The highest BCUT2D eigenvalue weighted by Gasteiger charge is 2.25. The van der Waals surface area contributed by atoms with E-state index in [9.17, 15) is 15.3 Å². The summed E-state index contributed by atoms with van der Waals surface area (Å²) in [6.07, 6.45) is 3.40. The van der Waals surface area contributed by atoms with Gasteiger partial charge in [0.05, 0.1) is 6.10 Å². The average molecular weight is 160 g/mol. The molecule has 66 valence electrons. The molecule has 1 saturated carbocycles. The maximum atomic E-state index is 9.24. The van der Waals surface area contributed by atoms with Crippen LogP contribution in [-0.4, -0.2) is 27.2 Å². The number of hydrogen-bond donors (Lipinski definition) is 3. The Hall–Kier alpha value is -0.120. The molecule has 3 N–H and O–H groups in total. The van der Waals surface area contributed by atoms with Crippen molar-refractivity contribution in [3.8, 4) is 0 Å². The Bertz CT molecular complexity index is 123. The van der Waals surface area contributed by atoms with Crippen LogP contribution < -0.4 is 0 Å². The van der Waals surface area contributed by atoms with Crippen molar-refractivity contribution in [1.82, 2.24) is 0 Å². The predicted octanol–water partition coefficient (Wildman–Crippen LogP) is 0.382. The van der Waals surface area contributed by atoms with Gasteiger partial charge in [-0.1, -0.05) is 6.42 Å². The summed E-state index contributed by atoms with van der Waals surface area (Å²) in [6, 6.07) is 0. The molecule has 0 amide bonds. The molecule has 1 atom stereocenters. The predicted molar refractivity (Wildman–Crippen MR) is 40.9 cm³/mol. The van der Waals surface area contributed by atoms with Gasteiger partial charge in [0, 0.05) is 12.8 Å². The number of aliphatic hydroxyl groups excluding tert-OH is 1. The highest BCUT2D eigenvalue weighted by molar-refractivity contribution is 4.71. The molecule has 0 aliphatic heterocycles. The molecule has 0 saturated heterocycles. The van der Waals surface area contributed by atoms with Crippen LogP contribution in [0.4, 0.5) is 0 Å². The fraction of sp³-hybridized carbons (Fsp3) is 1.00. The zero-order valence-corrected chi connectivity index (χ0v) is 6.66. The third-order valence-corrected chi connectivity index (χ3v) is 2.24. The quantitative estimate of drug-likeness (QED) is 0.449. The van der Waals surface area contributed by atoms with Crippen molar-refractivity contribution in [2.45, 2.75) is 50.4 Å². The van der Waals surface area contributed by atoms with E-state index in [-0.39, 0.29) is 6.10 Å². The van der Waals surface area contributed by atoms with Crippen LogP contribution in [0.3, 0.4) is 0 Å². The van der Waals surface area contributed by atoms with Crippen LogP contribution in [0.15, 0.2) is 0 Å². The van der Waals surface area contributed by atoms with Crippen molar-refractivity contribution >= 4 is 0 Å². The first-order chi connectivity index (χ1) is 5.10. The minimum atomic E-state index is -1.53. The lowest BCUT2D eigenvalue weighted by molar-refractivity contribution is -0.178. The fourth-order valence-corrected chi connectivity index (χ4v) is 1.46. The van der Waals surface area contributed by atoms with Gasteiger partial charge in [-0.2, -0.15) is 0 Å². The molecular weight excluding hydrogens is 144 g/mol. The SMILES string of the molecule is OC1CCCCC(O)(O)CC1. The largest absolute Gasteiger partial charge is 0.393 e. The Kier molecular flexibility index (Phi) is 2.87. The maximum Gasteiger partial charge on any atom is 0.162 e. The van der Waals surface area contributed by atoms with Gasteiger partial charge in [-0.15, -0.1) is 0 Å². The smallest absolute Gasteiger partial charge is 0.162 e. The molecule has 0 bridgehead atoms. The molecule has 3 heteroatoms. The zero-order valence-electron chi connectivity index (χ0n) is 6.66. The van der Waals surface area contributed by atoms with Crippen molar-refractivity contribution in [2.75, 3.05) is 0 Å². The molecule has 0 aromatic heterocycles. The van der Waals surface area contributed by atoms with Gasteiger partial charge >= 0.3 is 0 Å². The van der Waals surface area contributed by atoms with Gasteiger partial charge in [0.1, 0.15) is 0 Å². The third-order valence-electron chi connectivity index (χ3n) is 2.24. The molecule has 11 heavy (non-hydrogen) atoms. The minimum absolute atomic E-state index is 0.300. The molecule has 1 fully saturated rings. The van der Waals surface area contributed by atoms with E-state index in [1.165, 1.54) is 0 Å². The zero-order chi connectivity index (χ0) is 8.32.